The summed E-state index contributed by atoms with van der Waals surface area (Å²) in [6.07, 6.45) is 6.86. The van der Waals surface area contributed by atoms with Crippen LogP contribution in [0.2, 0.25) is 0 Å². The number of allylic oxidation sites excluding steroid dienone is 5. The Morgan fingerprint density at radius 1 is 1.36 bits per heavy atom. The van der Waals surface area contributed by atoms with E-state index in [0.717, 1.165) is 0 Å². The fourth-order valence-electron chi connectivity index (χ4n) is 0.530. The summed E-state index contributed by atoms with van der Waals surface area (Å²) in [4.78, 5) is 10.4. The lowest BCUT2D eigenvalue weighted by Gasteiger charge is -1.96. The molecule has 0 saturated heterocycles. The van der Waals surface area contributed by atoms with E-state index in [0.29, 0.717) is 5.76 Å². The van der Waals surface area contributed by atoms with Crippen LogP contribution in [0.4, 0.5) is 0 Å². The van der Waals surface area contributed by atoms with Crippen LogP contribution < -0.4 is 0 Å². The topological polar surface area (TPSA) is 26.3 Å². The van der Waals surface area contributed by atoms with Gasteiger partial charge in [0.1, 0.15) is 5.76 Å². The molecule has 0 rings (SSSR count). The highest BCUT2D eigenvalue weighted by molar-refractivity contribution is 5.67. The second-order valence-electron chi connectivity index (χ2n) is 1.99. The van der Waals surface area contributed by atoms with Crippen molar-refractivity contribution in [2.24, 2.45) is 0 Å². The van der Waals surface area contributed by atoms with Crippen LogP contribution in [0.3, 0.4) is 0 Å². The first kappa shape index (κ1) is 9.69. The molecule has 0 unspecified atom stereocenters. The molecule has 0 saturated carbocycles. The van der Waals surface area contributed by atoms with E-state index in [-0.39, 0.29) is 5.97 Å². The molecular formula is C9H12O2. The number of hydrogen-bond donors (Lipinski definition) is 0. The summed E-state index contributed by atoms with van der Waals surface area (Å²) in [6.45, 7) is 6.58. The largest absolute Gasteiger partial charge is 0.432 e. The number of ether oxygens (including phenoxy) is 1. The van der Waals surface area contributed by atoms with Gasteiger partial charge in [0.2, 0.25) is 0 Å². The first-order valence-electron chi connectivity index (χ1n) is 3.31. The molecule has 0 aromatic rings. The van der Waals surface area contributed by atoms with Crippen molar-refractivity contribution in [1.82, 2.24) is 0 Å². The fraction of sp³-hybridized carbons (Fsp3) is 0.222. The van der Waals surface area contributed by atoms with Gasteiger partial charge in [0.05, 0.1) is 0 Å². The lowest BCUT2D eigenvalue weighted by Crippen LogP contribution is -1.94. The molecule has 0 bridgehead atoms. The van der Waals surface area contributed by atoms with Crippen molar-refractivity contribution in [2.75, 3.05) is 0 Å². The summed E-state index contributed by atoms with van der Waals surface area (Å²) >= 11 is 0. The smallest absolute Gasteiger partial charge is 0.307 e. The number of carbonyl (C=O) groups excluding carboxylic acids is 1. The monoisotopic (exact) mass is 152 g/mol. The second kappa shape index (κ2) is 5.47. The fourth-order valence-corrected chi connectivity index (χ4v) is 0.530. The van der Waals surface area contributed by atoms with Crippen molar-refractivity contribution < 1.29 is 9.53 Å². The number of esters is 1. The van der Waals surface area contributed by atoms with Crippen molar-refractivity contribution in [1.29, 1.82) is 0 Å². The minimum atomic E-state index is -0.300. The molecule has 0 amide bonds. The van der Waals surface area contributed by atoms with Crippen LogP contribution in [-0.2, 0) is 9.53 Å². The van der Waals surface area contributed by atoms with Gasteiger partial charge < -0.3 is 4.74 Å². The average Bonchev–Trinajstić information content (AvgIpc) is 1.86. The van der Waals surface area contributed by atoms with Crippen molar-refractivity contribution >= 4 is 5.97 Å². The number of carbonyl (C=O) groups is 1. The van der Waals surface area contributed by atoms with Crippen LogP contribution >= 0.6 is 0 Å². The summed E-state index contributed by atoms with van der Waals surface area (Å²) in [5.41, 5.74) is 0. The van der Waals surface area contributed by atoms with Crippen LogP contribution in [0, 0.1) is 0 Å². The number of hydrogen-bond acceptors (Lipinski definition) is 2. The Kier molecular flexibility index (Phi) is 4.82. The Hall–Kier alpha value is -1.31. The summed E-state index contributed by atoms with van der Waals surface area (Å²) in [7, 11) is 0. The first-order valence-corrected chi connectivity index (χ1v) is 3.31. The molecule has 2 heteroatoms. The maximum atomic E-state index is 10.4. The SMILES string of the molecule is C=C/C=C\C=C(/C)OC(C)=O. The summed E-state index contributed by atoms with van der Waals surface area (Å²) < 4.78 is 4.73. The van der Waals surface area contributed by atoms with Gasteiger partial charge in [0.15, 0.2) is 0 Å². The van der Waals surface area contributed by atoms with Gasteiger partial charge >= 0.3 is 5.97 Å². The summed E-state index contributed by atoms with van der Waals surface area (Å²) in [5, 5.41) is 0. The van der Waals surface area contributed by atoms with Gasteiger partial charge in [-0.1, -0.05) is 24.8 Å². The quantitative estimate of drug-likeness (QED) is 0.352. The highest BCUT2D eigenvalue weighted by atomic mass is 16.5. The molecule has 0 atom stereocenters. The second-order valence-corrected chi connectivity index (χ2v) is 1.99. The van der Waals surface area contributed by atoms with E-state index in [9.17, 15) is 4.79 Å². The first-order chi connectivity index (χ1) is 5.16. The van der Waals surface area contributed by atoms with E-state index in [4.69, 9.17) is 4.74 Å². The van der Waals surface area contributed by atoms with E-state index >= 15 is 0 Å². The third-order valence-electron chi connectivity index (χ3n) is 0.883. The Balaban J connectivity index is 3.90. The maximum Gasteiger partial charge on any atom is 0.307 e. The van der Waals surface area contributed by atoms with E-state index in [1.165, 1.54) is 6.92 Å². The molecule has 0 aliphatic rings. The third kappa shape index (κ3) is 6.58. The van der Waals surface area contributed by atoms with Crippen molar-refractivity contribution in [3.63, 3.8) is 0 Å². The predicted octanol–water partition coefficient (Wildman–Crippen LogP) is 2.20. The normalized spacial score (nSPS) is 11.6. The van der Waals surface area contributed by atoms with E-state index in [2.05, 4.69) is 6.58 Å². The maximum absolute atomic E-state index is 10.4. The Labute approximate surface area is 66.9 Å². The Bertz CT molecular complexity index is 200. The van der Waals surface area contributed by atoms with Gasteiger partial charge in [-0.05, 0) is 13.0 Å². The molecular weight excluding hydrogens is 140 g/mol. The highest BCUT2D eigenvalue weighted by Crippen LogP contribution is 1.95. The Morgan fingerprint density at radius 3 is 2.45 bits per heavy atom. The predicted molar refractivity (Wildman–Crippen MR) is 44.9 cm³/mol. The van der Waals surface area contributed by atoms with Crippen molar-refractivity contribution in [3.8, 4) is 0 Å². The molecule has 0 spiro atoms. The molecule has 0 heterocycles. The zero-order valence-electron chi connectivity index (χ0n) is 6.83. The summed E-state index contributed by atoms with van der Waals surface area (Å²) in [5.74, 6) is 0.279. The zero-order valence-corrected chi connectivity index (χ0v) is 6.83. The van der Waals surface area contributed by atoms with E-state index < -0.39 is 0 Å². The number of rotatable bonds is 3. The van der Waals surface area contributed by atoms with E-state index in [1.54, 1.807) is 31.2 Å². The molecule has 0 aromatic carbocycles. The molecule has 2 nitrogen and oxygen atoms in total. The highest BCUT2D eigenvalue weighted by Gasteiger charge is 1.91. The van der Waals surface area contributed by atoms with Crippen LogP contribution in [-0.4, -0.2) is 5.97 Å². The third-order valence-corrected chi connectivity index (χ3v) is 0.883. The lowest BCUT2D eigenvalue weighted by molar-refractivity contribution is -0.136. The molecule has 0 aromatic heterocycles. The average molecular weight is 152 g/mol. The van der Waals surface area contributed by atoms with Gasteiger partial charge in [-0.2, -0.15) is 0 Å². The van der Waals surface area contributed by atoms with Gasteiger partial charge in [-0.3, -0.25) is 4.79 Å². The van der Waals surface area contributed by atoms with Crippen LogP contribution in [0.15, 0.2) is 36.6 Å². The Morgan fingerprint density at radius 2 is 2.00 bits per heavy atom. The molecule has 60 valence electrons. The molecule has 0 aliphatic heterocycles. The van der Waals surface area contributed by atoms with Crippen molar-refractivity contribution in [2.45, 2.75) is 13.8 Å². The minimum absolute atomic E-state index is 0.300. The lowest BCUT2D eigenvalue weighted by atomic mass is 10.4. The van der Waals surface area contributed by atoms with Gasteiger partial charge in [0.25, 0.3) is 0 Å². The van der Waals surface area contributed by atoms with Crippen LogP contribution in [0.5, 0.6) is 0 Å². The standard InChI is InChI=1S/C9H12O2/c1-4-5-6-7-8(2)11-9(3)10/h4-7H,1H2,2-3H3/b6-5-,8-7+. The molecule has 0 radical (unpaired) electrons. The molecule has 0 aliphatic carbocycles. The zero-order chi connectivity index (χ0) is 8.69. The van der Waals surface area contributed by atoms with E-state index in [1.807, 2.05) is 0 Å². The van der Waals surface area contributed by atoms with Gasteiger partial charge in [-0.15, -0.1) is 0 Å². The van der Waals surface area contributed by atoms with Gasteiger partial charge in [-0.25, -0.2) is 0 Å². The van der Waals surface area contributed by atoms with Gasteiger partial charge in [0, 0.05) is 6.92 Å². The van der Waals surface area contributed by atoms with Crippen molar-refractivity contribution in [3.05, 3.63) is 36.6 Å². The minimum Gasteiger partial charge on any atom is -0.432 e. The molecule has 0 fully saturated rings. The van der Waals surface area contributed by atoms with Crippen LogP contribution in [0.25, 0.3) is 0 Å². The summed E-state index contributed by atoms with van der Waals surface area (Å²) in [6, 6.07) is 0. The molecule has 11 heavy (non-hydrogen) atoms. The van der Waals surface area contributed by atoms with Crippen LogP contribution in [0.1, 0.15) is 13.8 Å². The molecule has 0 N–H and O–H groups in total.